The van der Waals surface area contributed by atoms with Gasteiger partial charge in [0.05, 0.1) is 13.2 Å². The Kier molecular flexibility index (Phi) is 8.44. The first-order chi connectivity index (χ1) is 8.74. The lowest BCUT2D eigenvalue weighted by Gasteiger charge is -2.23. The van der Waals surface area contributed by atoms with Crippen molar-refractivity contribution < 1.29 is 9.53 Å². The van der Waals surface area contributed by atoms with Crippen LogP contribution in [0, 0.1) is 5.92 Å². The predicted octanol–water partition coefficient (Wildman–Crippen LogP) is 3.06. The van der Waals surface area contributed by atoms with E-state index in [1.165, 1.54) is 32.1 Å². The number of carbonyl (C=O) groups excluding carboxylic acids is 1. The molecule has 18 heavy (non-hydrogen) atoms. The summed E-state index contributed by atoms with van der Waals surface area (Å²) in [5.74, 6) is 1.54. The molecule has 0 unspecified atom stereocenters. The lowest BCUT2D eigenvalue weighted by Crippen LogP contribution is -2.30. The second-order valence-electron chi connectivity index (χ2n) is 5.16. The standard InChI is InChI=1S/C14H26ClNO2/c1-16(10-12-18-11-9-15)14(17)8-7-13-5-3-2-4-6-13/h13H,2-12H2,1H3. The second kappa shape index (κ2) is 9.62. The van der Waals surface area contributed by atoms with Crippen molar-refractivity contribution in [2.45, 2.75) is 44.9 Å². The number of hydrogen-bond donors (Lipinski definition) is 0. The van der Waals surface area contributed by atoms with Crippen molar-refractivity contribution in [1.29, 1.82) is 0 Å². The fraction of sp³-hybridized carbons (Fsp3) is 0.929. The zero-order chi connectivity index (χ0) is 13.2. The topological polar surface area (TPSA) is 29.5 Å². The molecule has 0 bridgehead atoms. The normalized spacial score (nSPS) is 16.8. The molecule has 0 aromatic heterocycles. The molecule has 1 aliphatic carbocycles. The van der Waals surface area contributed by atoms with Crippen molar-refractivity contribution in [2.24, 2.45) is 5.92 Å². The lowest BCUT2D eigenvalue weighted by molar-refractivity contribution is -0.130. The molecule has 1 fully saturated rings. The van der Waals surface area contributed by atoms with Gasteiger partial charge in [-0.2, -0.15) is 0 Å². The molecule has 1 saturated carbocycles. The number of ether oxygens (including phenoxy) is 1. The van der Waals surface area contributed by atoms with E-state index in [4.69, 9.17) is 16.3 Å². The molecule has 0 aliphatic heterocycles. The van der Waals surface area contributed by atoms with Crippen molar-refractivity contribution >= 4 is 17.5 Å². The fourth-order valence-corrected chi connectivity index (χ4v) is 2.59. The van der Waals surface area contributed by atoms with Crippen molar-refractivity contribution in [3.05, 3.63) is 0 Å². The Hall–Kier alpha value is -0.280. The van der Waals surface area contributed by atoms with Crippen LogP contribution < -0.4 is 0 Å². The molecule has 0 atom stereocenters. The van der Waals surface area contributed by atoms with Crippen LogP contribution >= 0.6 is 11.6 Å². The van der Waals surface area contributed by atoms with Gasteiger partial charge in [-0.3, -0.25) is 4.79 Å². The van der Waals surface area contributed by atoms with Gasteiger partial charge >= 0.3 is 0 Å². The highest BCUT2D eigenvalue weighted by molar-refractivity contribution is 6.17. The molecule has 1 rings (SSSR count). The summed E-state index contributed by atoms with van der Waals surface area (Å²) in [6.45, 7) is 1.81. The number of nitrogens with zero attached hydrogens (tertiary/aromatic N) is 1. The Labute approximate surface area is 116 Å². The van der Waals surface area contributed by atoms with Gasteiger partial charge in [-0.05, 0) is 12.3 Å². The van der Waals surface area contributed by atoms with Gasteiger partial charge in [0, 0.05) is 25.9 Å². The van der Waals surface area contributed by atoms with E-state index in [2.05, 4.69) is 0 Å². The van der Waals surface area contributed by atoms with Gasteiger partial charge in [0.15, 0.2) is 0 Å². The van der Waals surface area contributed by atoms with Gasteiger partial charge in [-0.1, -0.05) is 32.1 Å². The van der Waals surface area contributed by atoms with Crippen LogP contribution in [-0.4, -0.2) is 43.5 Å². The smallest absolute Gasteiger partial charge is 0.222 e. The molecule has 1 amide bonds. The Bertz CT molecular complexity index is 230. The number of amides is 1. The van der Waals surface area contributed by atoms with Crippen LogP contribution in [-0.2, 0) is 9.53 Å². The molecule has 0 radical (unpaired) electrons. The summed E-state index contributed by atoms with van der Waals surface area (Å²) in [6, 6.07) is 0. The molecular weight excluding hydrogens is 250 g/mol. The van der Waals surface area contributed by atoms with E-state index in [-0.39, 0.29) is 5.91 Å². The molecule has 0 aromatic rings. The van der Waals surface area contributed by atoms with E-state index >= 15 is 0 Å². The Morgan fingerprint density at radius 1 is 1.28 bits per heavy atom. The van der Waals surface area contributed by atoms with Crippen LogP contribution in [0.3, 0.4) is 0 Å². The van der Waals surface area contributed by atoms with Crippen molar-refractivity contribution in [3.63, 3.8) is 0 Å². The molecule has 0 N–H and O–H groups in total. The summed E-state index contributed by atoms with van der Waals surface area (Å²) >= 11 is 5.51. The summed E-state index contributed by atoms with van der Waals surface area (Å²) in [5.41, 5.74) is 0. The number of likely N-dealkylation sites (N-methyl/N-ethyl adjacent to an activating group) is 1. The highest BCUT2D eigenvalue weighted by Crippen LogP contribution is 2.27. The average molecular weight is 276 g/mol. The summed E-state index contributed by atoms with van der Waals surface area (Å²) in [5, 5.41) is 0. The van der Waals surface area contributed by atoms with Gasteiger partial charge in [0.2, 0.25) is 5.91 Å². The molecule has 3 nitrogen and oxygen atoms in total. The summed E-state index contributed by atoms with van der Waals surface area (Å²) in [6.07, 6.45) is 8.46. The van der Waals surface area contributed by atoms with E-state index in [0.717, 1.165) is 12.3 Å². The molecule has 0 heterocycles. The molecule has 4 heteroatoms. The number of alkyl halides is 1. The van der Waals surface area contributed by atoms with E-state index in [1.54, 1.807) is 4.90 Å². The minimum atomic E-state index is 0.245. The van der Waals surface area contributed by atoms with Gasteiger partial charge in [-0.15, -0.1) is 11.6 Å². The molecular formula is C14H26ClNO2. The molecule has 0 spiro atoms. The molecule has 1 aliphatic rings. The van der Waals surface area contributed by atoms with Crippen LogP contribution in [0.25, 0.3) is 0 Å². The molecule has 106 valence electrons. The predicted molar refractivity (Wildman–Crippen MR) is 75.0 cm³/mol. The van der Waals surface area contributed by atoms with E-state index in [9.17, 15) is 4.79 Å². The maximum absolute atomic E-state index is 11.9. The van der Waals surface area contributed by atoms with Gasteiger partial charge in [-0.25, -0.2) is 0 Å². The van der Waals surface area contributed by atoms with Crippen molar-refractivity contribution in [3.8, 4) is 0 Å². The minimum absolute atomic E-state index is 0.245. The molecule has 0 aromatic carbocycles. The van der Waals surface area contributed by atoms with E-state index in [1.807, 2.05) is 7.05 Å². The number of rotatable bonds is 8. The first kappa shape index (κ1) is 15.8. The SMILES string of the molecule is CN(CCOCCCl)C(=O)CCC1CCCCC1. The summed E-state index contributed by atoms with van der Waals surface area (Å²) in [7, 11) is 1.85. The third-order valence-electron chi connectivity index (χ3n) is 3.71. The minimum Gasteiger partial charge on any atom is -0.378 e. The van der Waals surface area contributed by atoms with E-state index in [0.29, 0.717) is 32.1 Å². The van der Waals surface area contributed by atoms with Gasteiger partial charge in [0.1, 0.15) is 0 Å². The van der Waals surface area contributed by atoms with Crippen LogP contribution in [0.1, 0.15) is 44.9 Å². The lowest BCUT2D eigenvalue weighted by atomic mass is 9.86. The highest BCUT2D eigenvalue weighted by atomic mass is 35.5. The highest BCUT2D eigenvalue weighted by Gasteiger charge is 2.16. The van der Waals surface area contributed by atoms with Gasteiger partial charge < -0.3 is 9.64 Å². The zero-order valence-corrected chi connectivity index (χ0v) is 12.3. The monoisotopic (exact) mass is 275 g/mol. The third kappa shape index (κ3) is 6.60. The Morgan fingerprint density at radius 2 is 2.00 bits per heavy atom. The van der Waals surface area contributed by atoms with Crippen LogP contribution in [0.2, 0.25) is 0 Å². The first-order valence-corrected chi connectivity index (χ1v) is 7.65. The third-order valence-corrected chi connectivity index (χ3v) is 3.86. The maximum atomic E-state index is 11.9. The zero-order valence-electron chi connectivity index (χ0n) is 11.5. The van der Waals surface area contributed by atoms with Crippen LogP contribution in [0.15, 0.2) is 0 Å². The van der Waals surface area contributed by atoms with Gasteiger partial charge in [0.25, 0.3) is 0 Å². The first-order valence-electron chi connectivity index (χ1n) is 7.11. The summed E-state index contributed by atoms with van der Waals surface area (Å²) in [4.78, 5) is 13.7. The second-order valence-corrected chi connectivity index (χ2v) is 5.54. The number of hydrogen-bond acceptors (Lipinski definition) is 2. The Balaban J connectivity index is 2.07. The van der Waals surface area contributed by atoms with Crippen molar-refractivity contribution in [1.82, 2.24) is 4.90 Å². The number of halogens is 1. The number of carbonyl (C=O) groups is 1. The summed E-state index contributed by atoms with van der Waals surface area (Å²) < 4.78 is 5.27. The largest absolute Gasteiger partial charge is 0.378 e. The van der Waals surface area contributed by atoms with Crippen molar-refractivity contribution in [2.75, 3.05) is 32.7 Å². The fourth-order valence-electron chi connectivity index (χ4n) is 2.48. The van der Waals surface area contributed by atoms with Crippen LogP contribution in [0.5, 0.6) is 0 Å². The molecule has 0 saturated heterocycles. The maximum Gasteiger partial charge on any atom is 0.222 e. The Morgan fingerprint density at radius 3 is 2.67 bits per heavy atom. The van der Waals surface area contributed by atoms with E-state index < -0.39 is 0 Å². The van der Waals surface area contributed by atoms with Crippen LogP contribution in [0.4, 0.5) is 0 Å². The average Bonchev–Trinajstić information content (AvgIpc) is 2.42. The quantitative estimate of drug-likeness (QED) is 0.503.